The zero-order chi connectivity index (χ0) is 22.1. The summed E-state index contributed by atoms with van der Waals surface area (Å²) >= 11 is 0. The van der Waals surface area contributed by atoms with E-state index in [1.54, 1.807) is 32.9 Å². The average Bonchev–Trinajstić information content (AvgIpc) is 2.79. The van der Waals surface area contributed by atoms with E-state index in [0.29, 0.717) is 19.0 Å². The first-order chi connectivity index (χ1) is 15.0. The van der Waals surface area contributed by atoms with Gasteiger partial charge < -0.3 is 14.2 Å². The van der Waals surface area contributed by atoms with E-state index in [9.17, 15) is 4.79 Å². The summed E-state index contributed by atoms with van der Waals surface area (Å²) in [4.78, 5) is 11.9. The van der Waals surface area contributed by atoms with Crippen molar-refractivity contribution in [1.82, 2.24) is 0 Å². The third kappa shape index (κ3) is 6.61. The topological polar surface area (TPSA) is 44.8 Å². The second-order valence-corrected chi connectivity index (χ2v) is 7.82. The molecule has 31 heavy (non-hydrogen) atoms. The summed E-state index contributed by atoms with van der Waals surface area (Å²) in [5.74, 6) is 0.997. The first-order valence-electron chi connectivity index (χ1n) is 10.7. The van der Waals surface area contributed by atoms with Crippen LogP contribution >= 0.6 is 0 Å². The summed E-state index contributed by atoms with van der Waals surface area (Å²) in [5, 5.41) is 0. The van der Waals surface area contributed by atoms with Crippen LogP contribution in [0.5, 0.6) is 11.5 Å². The second-order valence-electron chi connectivity index (χ2n) is 7.82. The molecule has 4 heteroatoms. The first kappa shape index (κ1) is 22.4. The molecule has 4 nitrogen and oxygen atoms in total. The number of hydrogen-bond donors (Lipinski definition) is 0. The molecular formula is C27H30O4. The molecule has 0 aliphatic carbocycles. The first-order valence-corrected chi connectivity index (χ1v) is 10.7. The Morgan fingerprint density at radius 1 is 0.806 bits per heavy atom. The fraction of sp³-hybridized carbons (Fsp3) is 0.296. The number of esters is 1. The van der Waals surface area contributed by atoms with Gasteiger partial charge in [0.1, 0.15) is 11.5 Å². The summed E-state index contributed by atoms with van der Waals surface area (Å²) in [6.07, 6.45) is 1.89. The molecule has 0 aliphatic heterocycles. The normalized spacial score (nSPS) is 11.1. The standard InChI is InChI=1S/C27H30O4/c1-4-29-26(28)27(2,3)31-25-18-16-24(17-19-25)30-20-8-9-21-12-14-23(15-13-21)22-10-6-5-7-11-22/h5-7,10-19H,4,8-9,20H2,1-3H3. The lowest BCUT2D eigenvalue weighted by molar-refractivity contribution is -0.158. The maximum absolute atomic E-state index is 11.9. The summed E-state index contributed by atoms with van der Waals surface area (Å²) in [6.45, 7) is 6.13. The van der Waals surface area contributed by atoms with Gasteiger partial charge in [0.05, 0.1) is 13.2 Å². The van der Waals surface area contributed by atoms with Gasteiger partial charge in [-0.15, -0.1) is 0 Å². The zero-order valence-corrected chi connectivity index (χ0v) is 18.5. The lowest BCUT2D eigenvalue weighted by atomic mass is 10.0. The predicted octanol–water partition coefficient (Wildman–Crippen LogP) is 6.09. The Kier molecular flexibility index (Phi) is 7.71. The van der Waals surface area contributed by atoms with Gasteiger partial charge in [0.15, 0.2) is 5.60 Å². The maximum atomic E-state index is 11.9. The van der Waals surface area contributed by atoms with E-state index < -0.39 is 5.60 Å². The molecule has 162 valence electrons. The lowest BCUT2D eigenvalue weighted by Gasteiger charge is -2.24. The minimum absolute atomic E-state index is 0.329. The molecule has 0 saturated carbocycles. The number of aryl methyl sites for hydroxylation is 1. The molecule has 0 spiro atoms. The van der Waals surface area contributed by atoms with Crippen molar-refractivity contribution in [2.75, 3.05) is 13.2 Å². The van der Waals surface area contributed by atoms with E-state index >= 15 is 0 Å². The largest absolute Gasteiger partial charge is 0.494 e. The fourth-order valence-electron chi connectivity index (χ4n) is 3.21. The number of ether oxygens (including phenoxy) is 3. The van der Waals surface area contributed by atoms with Crippen LogP contribution in [-0.2, 0) is 16.0 Å². The highest BCUT2D eigenvalue weighted by atomic mass is 16.6. The second kappa shape index (κ2) is 10.7. The van der Waals surface area contributed by atoms with Crippen molar-refractivity contribution in [2.45, 2.75) is 39.2 Å². The van der Waals surface area contributed by atoms with Crippen molar-refractivity contribution in [3.8, 4) is 22.6 Å². The molecule has 0 fully saturated rings. The summed E-state index contributed by atoms with van der Waals surface area (Å²) in [6, 6.07) is 26.4. The van der Waals surface area contributed by atoms with E-state index in [0.717, 1.165) is 18.6 Å². The van der Waals surface area contributed by atoms with Gasteiger partial charge in [-0.3, -0.25) is 0 Å². The van der Waals surface area contributed by atoms with Gasteiger partial charge >= 0.3 is 5.97 Å². The highest BCUT2D eigenvalue weighted by Gasteiger charge is 2.31. The monoisotopic (exact) mass is 418 g/mol. The molecule has 3 rings (SSSR count). The van der Waals surface area contributed by atoms with Gasteiger partial charge in [0.2, 0.25) is 0 Å². The highest BCUT2D eigenvalue weighted by molar-refractivity contribution is 5.79. The molecule has 0 bridgehead atoms. The van der Waals surface area contributed by atoms with E-state index in [2.05, 4.69) is 48.5 Å². The maximum Gasteiger partial charge on any atom is 0.349 e. The average molecular weight is 419 g/mol. The summed E-state index contributed by atoms with van der Waals surface area (Å²) in [7, 11) is 0. The Balaban J connectivity index is 1.43. The van der Waals surface area contributed by atoms with Gasteiger partial charge in [-0.2, -0.15) is 0 Å². The Bertz CT molecular complexity index is 945. The molecule has 0 aliphatic rings. The number of carbonyl (C=O) groups is 1. The molecule has 0 aromatic heterocycles. The van der Waals surface area contributed by atoms with Crippen LogP contribution in [0, 0.1) is 0 Å². The van der Waals surface area contributed by atoms with Crippen LogP contribution < -0.4 is 9.47 Å². The molecule has 0 atom stereocenters. The highest BCUT2D eigenvalue weighted by Crippen LogP contribution is 2.23. The number of benzene rings is 3. The number of carbonyl (C=O) groups excluding carboxylic acids is 1. The smallest absolute Gasteiger partial charge is 0.349 e. The fourth-order valence-corrected chi connectivity index (χ4v) is 3.21. The van der Waals surface area contributed by atoms with Crippen LogP contribution in [0.3, 0.4) is 0 Å². The Hall–Kier alpha value is -3.27. The molecule has 0 amide bonds. The van der Waals surface area contributed by atoms with Gasteiger partial charge in [0, 0.05) is 0 Å². The SMILES string of the molecule is CCOC(=O)C(C)(C)Oc1ccc(OCCCc2ccc(-c3ccccc3)cc2)cc1. The van der Waals surface area contributed by atoms with Crippen molar-refractivity contribution in [3.63, 3.8) is 0 Å². The predicted molar refractivity (Wildman–Crippen MR) is 123 cm³/mol. The van der Waals surface area contributed by atoms with Gasteiger partial charge in [-0.25, -0.2) is 4.79 Å². The minimum Gasteiger partial charge on any atom is -0.494 e. The van der Waals surface area contributed by atoms with Gasteiger partial charge in [-0.05, 0) is 74.6 Å². The van der Waals surface area contributed by atoms with Crippen LogP contribution in [0.1, 0.15) is 32.8 Å². The molecule has 0 saturated heterocycles. The summed E-state index contributed by atoms with van der Waals surface area (Å²) < 4.78 is 16.7. The number of rotatable bonds is 10. The van der Waals surface area contributed by atoms with Crippen molar-refractivity contribution >= 4 is 5.97 Å². The van der Waals surface area contributed by atoms with Crippen molar-refractivity contribution in [2.24, 2.45) is 0 Å². The molecule has 0 heterocycles. The number of hydrogen-bond acceptors (Lipinski definition) is 4. The van der Waals surface area contributed by atoms with Crippen molar-refractivity contribution in [3.05, 3.63) is 84.4 Å². The van der Waals surface area contributed by atoms with Crippen molar-refractivity contribution < 1.29 is 19.0 Å². The zero-order valence-electron chi connectivity index (χ0n) is 18.5. The van der Waals surface area contributed by atoms with E-state index in [1.165, 1.54) is 16.7 Å². The Morgan fingerprint density at radius 2 is 1.42 bits per heavy atom. The molecule has 3 aromatic carbocycles. The Morgan fingerprint density at radius 3 is 2.06 bits per heavy atom. The van der Waals surface area contributed by atoms with E-state index in [-0.39, 0.29) is 5.97 Å². The Labute approximate surface area is 184 Å². The minimum atomic E-state index is -1.03. The van der Waals surface area contributed by atoms with Crippen LogP contribution in [0.2, 0.25) is 0 Å². The van der Waals surface area contributed by atoms with Crippen LogP contribution in [0.15, 0.2) is 78.9 Å². The van der Waals surface area contributed by atoms with E-state index in [1.807, 2.05) is 18.2 Å². The van der Waals surface area contributed by atoms with Crippen LogP contribution in [0.25, 0.3) is 11.1 Å². The van der Waals surface area contributed by atoms with E-state index in [4.69, 9.17) is 14.2 Å². The molecular weight excluding hydrogens is 388 g/mol. The summed E-state index contributed by atoms with van der Waals surface area (Å²) in [5.41, 5.74) is 2.73. The van der Waals surface area contributed by atoms with Crippen LogP contribution in [-0.4, -0.2) is 24.8 Å². The third-order valence-corrected chi connectivity index (χ3v) is 4.90. The lowest BCUT2D eigenvalue weighted by Crippen LogP contribution is -2.39. The molecule has 0 N–H and O–H groups in total. The molecule has 3 aromatic rings. The van der Waals surface area contributed by atoms with Crippen LogP contribution in [0.4, 0.5) is 0 Å². The molecule has 0 radical (unpaired) electrons. The quantitative estimate of drug-likeness (QED) is 0.295. The van der Waals surface area contributed by atoms with Gasteiger partial charge in [0.25, 0.3) is 0 Å². The molecule has 0 unspecified atom stereocenters. The third-order valence-electron chi connectivity index (χ3n) is 4.90. The van der Waals surface area contributed by atoms with Gasteiger partial charge in [-0.1, -0.05) is 54.6 Å². The van der Waals surface area contributed by atoms with Crippen molar-refractivity contribution in [1.29, 1.82) is 0 Å².